The van der Waals surface area contributed by atoms with Crippen molar-refractivity contribution >= 4 is 23.1 Å². The molecule has 4 nitrogen and oxygen atoms in total. The summed E-state index contributed by atoms with van der Waals surface area (Å²) in [6.45, 7) is 0.362. The highest BCUT2D eigenvalue weighted by molar-refractivity contribution is 7.12. The lowest BCUT2D eigenvalue weighted by Gasteiger charge is -2.19. The molecule has 1 amide bonds. The van der Waals surface area contributed by atoms with Crippen LogP contribution in [0.5, 0.6) is 0 Å². The normalized spacial score (nSPS) is 10.4. The zero-order chi connectivity index (χ0) is 13.8. The summed E-state index contributed by atoms with van der Waals surface area (Å²) < 4.78 is 5.33. The lowest BCUT2D eigenvalue weighted by Crippen LogP contribution is -2.30. The Morgan fingerprint density at radius 3 is 2.80 bits per heavy atom. The molecule has 5 heteroatoms. The predicted octanol–water partition coefficient (Wildman–Crippen LogP) is 3.58. The third-order valence-corrected chi connectivity index (χ3v) is 3.65. The van der Waals surface area contributed by atoms with Crippen LogP contribution in [-0.2, 0) is 6.54 Å². The summed E-state index contributed by atoms with van der Waals surface area (Å²) in [6, 6.07) is 12.8. The molecule has 0 bridgehead atoms. The van der Waals surface area contributed by atoms with Crippen LogP contribution in [0.2, 0.25) is 0 Å². The maximum atomic E-state index is 12.6. The van der Waals surface area contributed by atoms with Gasteiger partial charge in [0.2, 0.25) is 0 Å². The number of nitrogens with zero attached hydrogens (tertiary/aromatic N) is 2. The molecule has 20 heavy (non-hydrogen) atoms. The first kappa shape index (κ1) is 12.6. The summed E-state index contributed by atoms with van der Waals surface area (Å²) in [5.74, 6) is 1.26. The highest BCUT2D eigenvalue weighted by Gasteiger charge is 2.20. The van der Waals surface area contributed by atoms with Gasteiger partial charge in [0.15, 0.2) is 0 Å². The number of pyridine rings is 1. The summed E-state index contributed by atoms with van der Waals surface area (Å²) in [4.78, 5) is 19.1. The zero-order valence-electron chi connectivity index (χ0n) is 10.6. The third-order valence-electron chi connectivity index (χ3n) is 2.80. The summed E-state index contributed by atoms with van der Waals surface area (Å²) in [5, 5.41) is 1.89. The summed E-state index contributed by atoms with van der Waals surface area (Å²) in [7, 11) is 0. The number of hydrogen-bond acceptors (Lipinski definition) is 4. The number of thiophene rings is 1. The van der Waals surface area contributed by atoms with Crippen molar-refractivity contribution in [1.82, 2.24) is 4.98 Å². The number of carbonyl (C=O) groups excluding carboxylic acids is 1. The minimum absolute atomic E-state index is 0.0740. The smallest absolute Gasteiger partial charge is 0.269 e. The topological polar surface area (TPSA) is 46.3 Å². The number of anilines is 1. The average Bonchev–Trinajstić information content (AvgIpc) is 3.18. The fraction of sp³-hybridized carbons (Fsp3) is 0.0667. The van der Waals surface area contributed by atoms with E-state index < -0.39 is 0 Å². The summed E-state index contributed by atoms with van der Waals surface area (Å²) in [5.41, 5.74) is 0. The molecule has 3 aromatic rings. The minimum Gasteiger partial charge on any atom is -0.467 e. The van der Waals surface area contributed by atoms with Gasteiger partial charge in [0.1, 0.15) is 11.6 Å². The van der Waals surface area contributed by atoms with Gasteiger partial charge in [0, 0.05) is 6.20 Å². The van der Waals surface area contributed by atoms with Crippen LogP contribution in [-0.4, -0.2) is 10.9 Å². The van der Waals surface area contributed by atoms with Gasteiger partial charge in [-0.3, -0.25) is 9.69 Å². The van der Waals surface area contributed by atoms with Crippen molar-refractivity contribution in [2.45, 2.75) is 6.54 Å². The standard InChI is InChI=1S/C15H12N2O2S/c18-15(13-6-4-10-20-13)17(11-12-5-3-9-19-12)14-7-1-2-8-16-14/h1-10H,11H2. The van der Waals surface area contributed by atoms with Crippen LogP contribution in [0, 0.1) is 0 Å². The first-order chi connectivity index (χ1) is 9.84. The van der Waals surface area contributed by atoms with Crippen molar-refractivity contribution in [2.24, 2.45) is 0 Å². The van der Waals surface area contributed by atoms with Crippen LogP contribution in [0.3, 0.4) is 0 Å². The average molecular weight is 284 g/mol. The Morgan fingerprint density at radius 1 is 1.20 bits per heavy atom. The lowest BCUT2D eigenvalue weighted by molar-refractivity contribution is 0.0986. The number of hydrogen-bond donors (Lipinski definition) is 0. The summed E-state index contributed by atoms with van der Waals surface area (Å²) in [6.07, 6.45) is 3.27. The highest BCUT2D eigenvalue weighted by Crippen LogP contribution is 2.20. The van der Waals surface area contributed by atoms with E-state index in [0.29, 0.717) is 17.2 Å². The Bertz CT molecular complexity index is 663. The van der Waals surface area contributed by atoms with Gasteiger partial charge in [-0.2, -0.15) is 0 Å². The molecule has 0 saturated carbocycles. The van der Waals surface area contributed by atoms with E-state index in [9.17, 15) is 4.79 Å². The maximum Gasteiger partial charge on any atom is 0.269 e. The molecule has 3 rings (SSSR count). The fourth-order valence-electron chi connectivity index (χ4n) is 1.86. The van der Waals surface area contributed by atoms with Gasteiger partial charge in [-0.05, 0) is 35.7 Å². The molecule has 3 aromatic heterocycles. The Kier molecular flexibility index (Phi) is 3.60. The molecule has 0 aliphatic rings. The van der Waals surface area contributed by atoms with E-state index in [0.717, 1.165) is 5.76 Å². The molecule has 3 heterocycles. The van der Waals surface area contributed by atoms with Crippen molar-refractivity contribution in [3.8, 4) is 0 Å². The van der Waals surface area contributed by atoms with Gasteiger partial charge in [0.05, 0.1) is 17.7 Å². The largest absolute Gasteiger partial charge is 0.467 e. The molecular formula is C15H12N2O2S. The zero-order valence-corrected chi connectivity index (χ0v) is 11.4. The molecule has 0 aromatic carbocycles. The van der Waals surface area contributed by atoms with Crippen molar-refractivity contribution in [3.05, 3.63) is 70.9 Å². The molecule has 0 atom stereocenters. The van der Waals surface area contributed by atoms with Gasteiger partial charge in [-0.25, -0.2) is 4.98 Å². The van der Waals surface area contributed by atoms with E-state index in [-0.39, 0.29) is 5.91 Å². The number of furan rings is 1. The third kappa shape index (κ3) is 2.62. The Hall–Kier alpha value is -2.40. The first-order valence-corrected chi connectivity index (χ1v) is 7.01. The van der Waals surface area contributed by atoms with Crippen LogP contribution < -0.4 is 4.90 Å². The molecule has 0 radical (unpaired) electrons. The second kappa shape index (κ2) is 5.71. The molecule has 0 unspecified atom stereocenters. The Balaban J connectivity index is 1.93. The van der Waals surface area contributed by atoms with Crippen molar-refractivity contribution < 1.29 is 9.21 Å². The van der Waals surface area contributed by atoms with Crippen molar-refractivity contribution in [1.29, 1.82) is 0 Å². The van der Waals surface area contributed by atoms with Crippen LogP contribution in [0.15, 0.2) is 64.7 Å². The molecule has 0 N–H and O–H groups in total. The minimum atomic E-state index is -0.0740. The lowest BCUT2D eigenvalue weighted by atomic mass is 10.3. The van der Waals surface area contributed by atoms with Crippen molar-refractivity contribution in [2.75, 3.05) is 4.90 Å². The molecular weight excluding hydrogens is 272 g/mol. The molecule has 0 aliphatic heterocycles. The van der Waals surface area contributed by atoms with Gasteiger partial charge in [0.25, 0.3) is 5.91 Å². The van der Waals surface area contributed by atoms with Crippen LogP contribution in [0.25, 0.3) is 0 Å². The van der Waals surface area contributed by atoms with E-state index in [1.807, 2.05) is 47.8 Å². The number of aromatic nitrogens is 1. The highest BCUT2D eigenvalue weighted by atomic mass is 32.1. The van der Waals surface area contributed by atoms with E-state index in [1.165, 1.54) is 11.3 Å². The van der Waals surface area contributed by atoms with E-state index >= 15 is 0 Å². The summed E-state index contributed by atoms with van der Waals surface area (Å²) >= 11 is 1.42. The van der Waals surface area contributed by atoms with Gasteiger partial charge < -0.3 is 4.42 Å². The van der Waals surface area contributed by atoms with Crippen LogP contribution in [0.4, 0.5) is 5.82 Å². The number of carbonyl (C=O) groups is 1. The number of rotatable bonds is 4. The quantitative estimate of drug-likeness (QED) is 0.735. The number of amides is 1. The van der Waals surface area contributed by atoms with Crippen LogP contribution >= 0.6 is 11.3 Å². The van der Waals surface area contributed by atoms with E-state index in [1.54, 1.807) is 17.4 Å². The predicted molar refractivity (Wildman–Crippen MR) is 77.8 cm³/mol. The second-order valence-corrected chi connectivity index (χ2v) is 5.08. The van der Waals surface area contributed by atoms with E-state index in [4.69, 9.17) is 4.42 Å². The Morgan fingerprint density at radius 2 is 2.15 bits per heavy atom. The maximum absolute atomic E-state index is 12.6. The molecule has 0 saturated heterocycles. The second-order valence-electron chi connectivity index (χ2n) is 4.14. The van der Waals surface area contributed by atoms with Crippen molar-refractivity contribution in [3.63, 3.8) is 0 Å². The Labute approximate surface area is 120 Å². The fourth-order valence-corrected chi connectivity index (χ4v) is 2.53. The van der Waals surface area contributed by atoms with Gasteiger partial charge >= 0.3 is 0 Å². The molecule has 0 spiro atoms. The van der Waals surface area contributed by atoms with Gasteiger partial charge in [-0.15, -0.1) is 11.3 Å². The molecule has 0 fully saturated rings. The first-order valence-electron chi connectivity index (χ1n) is 6.13. The van der Waals surface area contributed by atoms with Crippen LogP contribution in [0.1, 0.15) is 15.4 Å². The molecule has 0 aliphatic carbocycles. The van der Waals surface area contributed by atoms with Gasteiger partial charge in [-0.1, -0.05) is 12.1 Å². The molecule has 100 valence electrons. The SMILES string of the molecule is O=C(c1cccs1)N(Cc1ccco1)c1ccccn1. The monoisotopic (exact) mass is 284 g/mol. The van der Waals surface area contributed by atoms with E-state index in [2.05, 4.69) is 4.98 Å².